The van der Waals surface area contributed by atoms with Crippen molar-refractivity contribution in [1.29, 1.82) is 0 Å². The molecule has 7 heteroatoms. The topological polar surface area (TPSA) is 85.6 Å². The molecule has 7 nitrogen and oxygen atoms in total. The number of methoxy groups -OCH3 is 1. The summed E-state index contributed by atoms with van der Waals surface area (Å²) in [4.78, 5) is 29.6. The fourth-order valence-electron chi connectivity index (χ4n) is 2.71. The Morgan fingerprint density at radius 3 is 2.89 bits per heavy atom. The predicted molar refractivity (Wildman–Crippen MR) is 104 cm³/mol. The van der Waals surface area contributed by atoms with Gasteiger partial charge < -0.3 is 9.30 Å². The second-order valence-corrected chi connectivity index (χ2v) is 5.96. The maximum atomic E-state index is 12.7. The highest BCUT2D eigenvalue weighted by Gasteiger charge is 2.15. The van der Waals surface area contributed by atoms with Gasteiger partial charge in [0.15, 0.2) is 0 Å². The van der Waals surface area contributed by atoms with Crippen LogP contribution in [0.15, 0.2) is 52.5 Å². The summed E-state index contributed by atoms with van der Waals surface area (Å²) in [6, 6.07) is 10.7. The zero-order valence-corrected chi connectivity index (χ0v) is 15.4. The maximum Gasteiger partial charge on any atom is 0.276 e. The van der Waals surface area contributed by atoms with Crippen molar-refractivity contribution in [2.24, 2.45) is 5.10 Å². The quantitative estimate of drug-likeness (QED) is 0.557. The molecule has 2 heterocycles. The average Bonchev–Trinajstić information content (AvgIpc) is 2.68. The van der Waals surface area contributed by atoms with E-state index in [1.54, 1.807) is 29.9 Å². The first-order valence-corrected chi connectivity index (χ1v) is 8.51. The van der Waals surface area contributed by atoms with Crippen LogP contribution in [0.2, 0.25) is 0 Å². The lowest BCUT2D eigenvalue weighted by molar-refractivity contribution is 0.0953. The highest BCUT2D eigenvalue weighted by atomic mass is 16.5. The van der Waals surface area contributed by atoms with E-state index >= 15 is 0 Å². The summed E-state index contributed by atoms with van der Waals surface area (Å²) in [6.07, 6.45) is 3.01. The Kier molecular flexibility index (Phi) is 5.30. The van der Waals surface area contributed by atoms with Gasteiger partial charge in [0.25, 0.3) is 5.91 Å². The van der Waals surface area contributed by atoms with Gasteiger partial charge in [0.2, 0.25) is 5.43 Å². The molecule has 2 aromatic heterocycles. The van der Waals surface area contributed by atoms with Crippen LogP contribution in [0.3, 0.4) is 0 Å². The first-order chi connectivity index (χ1) is 13.0. The summed E-state index contributed by atoms with van der Waals surface area (Å²) in [5.41, 5.74) is 4.21. The van der Waals surface area contributed by atoms with E-state index in [1.807, 2.05) is 32.0 Å². The van der Waals surface area contributed by atoms with Crippen LogP contribution in [0.25, 0.3) is 11.0 Å². The number of nitrogens with one attached hydrogen (secondary N) is 1. The number of hydrogen-bond acceptors (Lipinski definition) is 5. The third-order valence-corrected chi connectivity index (χ3v) is 4.12. The van der Waals surface area contributed by atoms with E-state index in [0.29, 0.717) is 23.3 Å². The van der Waals surface area contributed by atoms with Crippen molar-refractivity contribution in [2.75, 3.05) is 7.11 Å². The number of rotatable bonds is 5. The lowest BCUT2D eigenvalue weighted by atomic mass is 10.1. The Balaban J connectivity index is 1.89. The monoisotopic (exact) mass is 364 g/mol. The van der Waals surface area contributed by atoms with Gasteiger partial charge in [0.05, 0.1) is 18.7 Å². The molecule has 0 saturated heterocycles. The summed E-state index contributed by atoms with van der Waals surface area (Å²) in [7, 11) is 1.58. The standard InChI is InChI=1S/C20H20N4O3/c1-4-24-12-17(18(25)16-9-8-13(2)22-19(16)24)20(26)23-21-11-14-6-5-7-15(10-14)27-3/h5-12H,4H2,1-3H3,(H,23,26)/b21-11+. The molecule has 27 heavy (non-hydrogen) atoms. The summed E-state index contributed by atoms with van der Waals surface area (Å²) in [5, 5.41) is 4.35. The van der Waals surface area contributed by atoms with Crippen LogP contribution >= 0.6 is 0 Å². The first kappa shape index (κ1) is 18.3. The zero-order valence-electron chi connectivity index (χ0n) is 15.4. The molecule has 1 amide bonds. The van der Waals surface area contributed by atoms with Crippen molar-refractivity contribution in [1.82, 2.24) is 15.0 Å². The molecule has 3 aromatic rings. The van der Waals surface area contributed by atoms with Gasteiger partial charge in [-0.2, -0.15) is 5.10 Å². The van der Waals surface area contributed by atoms with Gasteiger partial charge in [0.1, 0.15) is 17.0 Å². The molecule has 0 spiro atoms. The van der Waals surface area contributed by atoms with Gasteiger partial charge in [-0.05, 0) is 43.7 Å². The van der Waals surface area contributed by atoms with Crippen LogP contribution in [0.5, 0.6) is 5.75 Å². The molecule has 0 radical (unpaired) electrons. The minimum Gasteiger partial charge on any atom is -0.497 e. The van der Waals surface area contributed by atoms with E-state index in [9.17, 15) is 9.59 Å². The van der Waals surface area contributed by atoms with Crippen LogP contribution in [0, 0.1) is 6.92 Å². The lowest BCUT2D eigenvalue weighted by Gasteiger charge is -2.10. The number of aryl methyl sites for hydroxylation is 2. The maximum absolute atomic E-state index is 12.7. The molecular formula is C20H20N4O3. The van der Waals surface area contributed by atoms with Crippen molar-refractivity contribution in [2.45, 2.75) is 20.4 Å². The average molecular weight is 364 g/mol. The van der Waals surface area contributed by atoms with Gasteiger partial charge >= 0.3 is 0 Å². The van der Waals surface area contributed by atoms with Crippen LogP contribution in [-0.4, -0.2) is 28.8 Å². The van der Waals surface area contributed by atoms with Crippen LogP contribution in [0.4, 0.5) is 0 Å². The smallest absolute Gasteiger partial charge is 0.276 e. The van der Waals surface area contributed by atoms with E-state index in [-0.39, 0.29) is 11.0 Å². The van der Waals surface area contributed by atoms with E-state index < -0.39 is 5.91 Å². The van der Waals surface area contributed by atoms with Crippen molar-refractivity contribution < 1.29 is 9.53 Å². The molecule has 0 atom stereocenters. The molecule has 0 aliphatic carbocycles. The van der Waals surface area contributed by atoms with Crippen molar-refractivity contribution in [3.8, 4) is 5.75 Å². The number of nitrogens with zero attached hydrogens (tertiary/aromatic N) is 3. The first-order valence-electron chi connectivity index (χ1n) is 8.51. The van der Waals surface area contributed by atoms with E-state index in [4.69, 9.17) is 4.74 Å². The molecular weight excluding hydrogens is 344 g/mol. The normalized spacial score (nSPS) is 11.1. The number of carbonyl (C=O) groups is 1. The van der Waals surface area contributed by atoms with E-state index in [1.165, 1.54) is 12.4 Å². The highest BCUT2D eigenvalue weighted by Crippen LogP contribution is 2.12. The third kappa shape index (κ3) is 3.87. The molecule has 0 aliphatic rings. The summed E-state index contributed by atoms with van der Waals surface area (Å²) >= 11 is 0. The minimum absolute atomic E-state index is 0.0257. The lowest BCUT2D eigenvalue weighted by Crippen LogP contribution is -2.27. The van der Waals surface area contributed by atoms with Crippen molar-refractivity contribution in [3.63, 3.8) is 0 Å². The van der Waals surface area contributed by atoms with Gasteiger partial charge in [-0.25, -0.2) is 10.4 Å². The molecule has 0 saturated carbocycles. The second kappa shape index (κ2) is 7.82. The van der Waals surface area contributed by atoms with Gasteiger partial charge in [0, 0.05) is 18.4 Å². The van der Waals surface area contributed by atoms with Crippen LogP contribution < -0.4 is 15.6 Å². The third-order valence-electron chi connectivity index (χ3n) is 4.12. The Bertz CT molecular complexity index is 1090. The number of hydrogen-bond donors (Lipinski definition) is 1. The second-order valence-electron chi connectivity index (χ2n) is 5.96. The fourth-order valence-corrected chi connectivity index (χ4v) is 2.71. The fraction of sp³-hybridized carbons (Fsp3) is 0.200. The minimum atomic E-state index is -0.566. The van der Waals surface area contributed by atoms with Crippen molar-refractivity contribution in [3.05, 3.63) is 69.6 Å². The van der Waals surface area contributed by atoms with Crippen LogP contribution in [-0.2, 0) is 6.54 Å². The molecule has 1 aromatic carbocycles. The molecule has 1 N–H and O–H groups in total. The number of ether oxygens (including phenoxy) is 1. The zero-order chi connectivity index (χ0) is 19.4. The predicted octanol–water partition coefficient (Wildman–Crippen LogP) is 2.50. The SMILES string of the molecule is CCn1cc(C(=O)N/N=C/c2cccc(OC)c2)c(=O)c2ccc(C)nc21. The van der Waals surface area contributed by atoms with Gasteiger partial charge in [-0.1, -0.05) is 12.1 Å². The molecule has 0 unspecified atom stereocenters. The number of amides is 1. The number of pyridine rings is 2. The van der Waals surface area contributed by atoms with E-state index in [0.717, 1.165) is 11.3 Å². The molecule has 0 aliphatic heterocycles. The number of hydrazone groups is 1. The van der Waals surface area contributed by atoms with Gasteiger partial charge in [-0.3, -0.25) is 9.59 Å². The number of aromatic nitrogens is 2. The Morgan fingerprint density at radius 1 is 1.33 bits per heavy atom. The molecule has 138 valence electrons. The summed E-state index contributed by atoms with van der Waals surface area (Å²) in [6.45, 7) is 4.37. The van der Waals surface area contributed by atoms with Crippen LogP contribution in [0.1, 0.15) is 28.5 Å². The molecule has 3 rings (SSSR count). The number of carbonyl (C=O) groups excluding carboxylic acids is 1. The largest absolute Gasteiger partial charge is 0.497 e. The molecule has 0 bridgehead atoms. The van der Waals surface area contributed by atoms with Gasteiger partial charge in [-0.15, -0.1) is 0 Å². The van der Waals surface area contributed by atoms with Crippen molar-refractivity contribution >= 4 is 23.2 Å². The Hall–Kier alpha value is -3.48. The summed E-state index contributed by atoms with van der Waals surface area (Å²) in [5.74, 6) is 0.122. The highest BCUT2D eigenvalue weighted by molar-refractivity contribution is 5.97. The number of benzene rings is 1. The summed E-state index contributed by atoms with van der Waals surface area (Å²) < 4.78 is 6.93. The Morgan fingerprint density at radius 2 is 2.15 bits per heavy atom. The molecule has 0 fully saturated rings. The van der Waals surface area contributed by atoms with E-state index in [2.05, 4.69) is 15.5 Å². The Labute approximate surface area is 156 Å². The number of fused-ring (bicyclic) bond motifs is 1.